The van der Waals surface area contributed by atoms with E-state index in [1.54, 1.807) is 0 Å². The van der Waals surface area contributed by atoms with Crippen LogP contribution in [0, 0.1) is 6.92 Å². The van der Waals surface area contributed by atoms with Crippen molar-refractivity contribution in [2.24, 2.45) is 0 Å². The zero-order chi connectivity index (χ0) is 14.9. The lowest BCUT2D eigenvalue weighted by atomic mass is 10.0. The first-order valence-corrected chi connectivity index (χ1v) is 8.45. The van der Waals surface area contributed by atoms with Crippen LogP contribution in [0.3, 0.4) is 0 Å². The summed E-state index contributed by atoms with van der Waals surface area (Å²) in [6.45, 7) is 11.1. The normalized spacial score (nSPS) is 16.1. The number of rotatable bonds is 8. The van der Waals surface area contributed by atoms with Crippen LogP contribution in [0.5, 0.6) is 5.75 Å². The van der Waals surface area contributed by atoms with Crippen LogP contribution in [0.2, 0.25) is 0 Å². The van der Waals surface area contributed by atoms with Crippen molar-refractivity contribution in [3.63, 3.8) is 0 Å². The molecule has 1 aromatic rings. The van der Waals surface area contributed by atoms with Crippen molar-refractivity contribution < 1.29 is 4.74 Å². The molecule has 0 aliphatic carbocycles. The predicted molar refractivity (Wildman–Crippen MR) is 89.2 cm³/mol. The molecular formula is C18H30N2O. The van der Waals surface area contributed by atoms with Gasteiger partial charge in [-0.05, 0) is 50.8 Å². The van der Waals surface area contributed by atoms with Crippen molar-refractivity contribution in [3.05, 3.63) is 29.3 Å². The second-order valence-electron chi connectivity index (χ2n) is 6.01. The van der Waals surface area contributed by atoms with Gasteiger partial charge in [-0.1, -0.05) is 24.6 Å². The van der Waals surface area contributed by atoms with E-state index in [1.807, 2.05) is 0 Å². The Bertz CT molecular complexity index is 414. The molecule has 0 radical (unpaired) electrons. The third-order valence-corrected chi connectivity index (χ3v) is 4.06. The summed E-state index contributed by atoms with van der Waals surface area (Å²) in [6.07, 6.45) is 4.72. The van der Waals surface area contributed by atoms with Gasteiger partial charge >= 0.3 is 0 Å². The molecule has 1 N–H and O–H groups in total. The van der Waals surface area contributed by atoms with Gasteiger partial charge in [-0.15, -0.1) is 0 Å². The highest BCUT2D eigenvalue weighted by Gasteiger charge is 2.09. The molecule has 0 amide bonds. The Kier molecular flexibility index (Phi) is 7.04. The van der Waals surface area contributed by atoms with Gasteiger partial charge < -0.3 is 15.0 Å². The van der Waals surface area contributed by atoms with Crippen LogP contribution in [0.4, 0.5) is 0 Å². The summed E-state index contributed by atoms with van der Waals surface area (Å²) >= 11 is 0. The Morgan fingerprint density at radius 3 is 2.76 bits per heavy atom. The molecule has 118 valence electrons. The number of unbranched alkanes of at least 4 members (excludes halogenated alkanes) is 1. The summed E-state index contributed by atoms with van der Waals surface area (Å²) < 4.78 is 5.87. The highest BCUT2D eigenvalue weighted by atomic mass is 16.5. The first-order valence-electron chi connectivity index (χ1n) is 8.45. The maximum atomic E-state index is 5.87. The topological polar surface area (TPSA) is 24.5 Å². The van der Waals surface area contributed by atoms with Gasteiger partial charge in [-0.2, -0.15) is 0 Å². The summed E-state index contributed by atoms with van der Waals surface area (Å²) in [4.78, 5) is 2.57. The average Bonchev–Trinajstić information content (AvgIpc) is 2.52. The van der Waals surface area contributed by atoms with Gasteiger partial charge in [0.1, 0.15) is 5.75 Å². The molecule has 0 atom stereocenters. The van der Waals surface area contributed by atoms with Crippen molar-refractivity contribution in [2.75, 3.05) is 39.3 Å². The van der Waals surface area contributed by atoms with Crippen molar-refractivity contribution in [3.8, 4) is 5.75 Å². The number of ether oxygens (including phenoxy) is 1. The molecule has 0 spiro atoms. The smallest absolute Gasteiger partial charge is 0.122 e. The molecule has 0 saturated carbocycles. The largest absolute Gasteiger partial charge is 0.493 e. The predicted octanol–water partition coefficient (Wildman–Crippen LogP) is 3.01. The van der Waals surface area contributed by atoms with E-state index in [9.17, 15) is 0 Å². The molecule has 0 aromatic heterocycles. The molecule has 0 bridgehead atoms. The minimum atomic E-state index is 0.816. The van der Waals surface area contributed by atoms with E-state index >= 15 is 0 Å². The Labute approximate surface area is 129 Å². The third kappa shape index (κ3) is 5.68. The lowest BCUT2D eigenvalue weighted by Crippen LogP contribution is -2.43. The molecule has 1 aromatic carbocycles. The lowest BCUT2D eigenvalue weighted by molar-refractivity contribution is 0.236. The Hall–Kier alpha value is -1.06. The van der Waals surface area contributed by atoms with Gasteiger partial charge in [0.25, 0.3) is 0 Å². The lowest BCUT2D eigenvalue weighted by Gasteiger charge is -2.27. The van der Waals surface area contributed by atoms with E-state index < -0.39 is 0 Å². The van der Waals surface area contributed by atoms with Crippen molar-refractivity contribution >= 4 is 0 Å². The molecule has 3 heteroatoms. The van der Waals surface area contributed by atoms with E-state index in [4.69, 9.17) is 4.74 Å². The fraction of sp³-hybridized carbons (Fsp3) is 0.667. The summed E-state index contributed by atoms with van der Waals surface area (Å²) in [7, 11) is 0. The van der Waals surface area contributed by atoms with Crippen molar-refractivity contribution in [1.82, 2.24) is 10.2 Å². The van der Waals surface area contributed by atoms with Gasteiger partial charge in [0.2, 0.25) is 0 Å². The van der Waals surface area contributed by atoms with Gasteiger partial charge in [-0.3, -0.25) is 0 Å². The van der Waals surface area contributed by atoms with E-state index in [0.29, 0.717) is 0 Å². The Morgan fingerprint density at radius 2 is 2.00 bits per heavy atom. The number of benzene rings is 1. The van der Waals surface area contributed by atoms with Crippen LogP contribution in [0.1, 0.15) is 37.3 Å². The summed E-state index contributed by atoms with van der Waals surface area (Å²) in [5.74, 6) is 1.09. The second-order valence-corrected chi connectivity index (χ2v) is 6.01. The average molecular weight is 290 g/mol. The molecule has 2 rings (SSSR count). The van der Waals surface area contributed by atoms with Crippen LogP contribution in [-0.4, -0.2) is 44.2 Å². The number of nitrogens with zero attached hydrogens (tertiary/aromatic N) is 1. The van der Waals surface area contributed by atoms with Gasteiger partial charge in [0.15, 0.2) is 0 Å². The van der Waals surface area contributed by atoms with Crippen LogP contribution >= 0.6 is 0 Å². The minimum absolute atomic E-state index is 0.816. The second kappa shape index (κ2) is 9.06. The van der Waals surface area contributed by atoms with Crippen LogP contribution in [0.25, 0.3) is 0 Å². The van der Waals surface area contributed by atoms with Crippen LogP contribution < -0.4 is 10.1 Å². The first-order chi connectivity index (χ1) is 10.3. The van der Waals surface area contributed by atoms with E-state index in [-0.39, 0.29) is 0 Å². The fourth-order valence-corrected chi connectivity index (χ4v) is 2.84. The van der Waals surface area contributed by atoms with Crippen molar-refractivity contribution in [1.29, 1.82) is 0 Å². The molecular weight excluding hydrogens is 260 g/mol. The molecule has 1 saturated heterocycles. The molecule has 3 nitrogen and oxygen atoms in total. The van der Waals surface area contributed by atoms with Gasteiger partial charge in [0, 0.05) is 26.2 Å². The number of nitrogens with one attached hydrogen (secondary N) is 1. The monoisotopic (exact) mass is 290 g/mol. The SMILES string of the molecule is CCCOc1ccc(C)cc1CCCCN1CCNCC1. The Morgan fingerprint density at radius 1 is 1.19 bits per heavy atom. The van der Waals surface area contributed by atoms with Gasteiger partial charge in [-0.25, -0.2) is 0 Å². The fourth-order valence-electron chi connectivity index (χ4n) is 2.84. The minimum Gasteiger partial charge on any atom is -0.493 e. The number of piperazine rings is 1. The number of hydrogen-bond acceptors (Lipinski definition) is 3. The Balaban J connectivity index is 1.77. The molecule has 0 unspecified atom stereocenters. The molecule has 1 aliphatic rings. The highest BCUT2D eigenvalue weighted by Crippen LogP contribution is 2.22. The number of hydrogen-bond donors (Lipinski definition) is 1. The third-order valence-electron chi connectivity index (χ3n) is 4.06. The standard InChI is InChI=1S/C18H30N2O/c1-3-14-21-18-8-7-16(2)15-17(18)6-4-5-11-20-12-9-19-10-13-20/h7-8,15,19H,3-6,9-14H2,1-2H3. The van der Waals surface area contributed by atoms with Crippen molar-refractivity contribution in [2.45, 2.75) is 39.5 Å². The number of aryl methyl sites for hydroxylation is 2. The van der Waals surface area contributed by atoms with Gasteiger partial charge in [0.05, 0.1) is 6.61 Å². The molecule has 1 fully saturated rings. The maximum Gasteiger partial charge on any atom is 0.122 e. The molecule has 1 heterocycles. The summed E-state index contributed by atoms with van der Waals surface area (Å²) in [5.41, 5.74) is 2.71. The van der Waals surface area contributed by atoms with Crippen LogP contribution in [-0.2, 0) is 6.42 Å². The zero-order valence-electron chi connectivity index (χ0n) is 13.7. The van der Waals surface area contributed by atoms with E-state index in [2.05, 4.69) is 42.3 Å². The van der Waals surface area contributed by atoms with E-state index in [0.717, 1.165) is 38.3 Å². The summed E-state index contributed by atoms with van der Waals surface area (Å²) in [6, 6.07) is 6.57. The molecule has 1 aliphatic heterocycles. The maximum absolute atomic E-state index is 5.87. The molecule has 21 heavy (non-hydrogen) atoms. The zero-order valence-corrected chi connectivity index (χ0v) is 13.7. The quantitative estimate of drug-likeness (QED) is 0.745. The van der Waals surface area contributed by atoms with Crippen LogP contribution in [0.15, 0.2) is 18.2 Å². The first kappa shape index (κ1) is 16.3. The van der Waals surface area contributed by atoms with E-state index in [1.165, 1.54) is 43.6 Å². The summed E-state index contributed by atoms with van der Waals surface area (Å²) in [5, 5.41) is 3.41. The highest BCUT2D eigenvalue weighted by molar-refractivity contribution is 5.37.